The average Bonchev–Trinajstić information content (AvgIpc) is 2.76. The topological polar surface area (TPSA) is 51.2 Å². The van der Waals surface area contributed by atoms with Crippen molar-refractivity contribution in [2.24, 2.45) is 5.41 Å². The van der Waals surface area contributed by atoms with Gasteiger partial charge in [0.15, 0.2) is 0 Å². The van der Waals surface area contributed by atoms with Crippen LogP contribution in [0.5, 0.6) is 0 Å². The number of nitrogens with zero attached hydrogens (tertiary/aromatic N) is 1. The van der Waals surface area contributed by atoms with Crippen LogP contribution in [-0.4, -0.2) is 30.1 Å². The lowest BCUT2D eigenvalue weighted by Gasteiger charge is -2.38. The fourth-order valence-corrected chi connectivity index (χ4v) is 4.68. The Kier molecular flexibility index (Phi) is 6.06. The summed E-state index contributed by atoms with van der Waals surface area (Å²) in [6.45, 7) is 1.32. The second kappa shape index (κ2) is 8.87. The first-order valence-electron chi connectivity index (χ1n) is 10.6. The van der Waals surface area contributed by atoms with E-state index in [1.54, 1.807) is 0 Å². The summed E-state index contributed by atoms with van der Waals surface area (Å²) in [7, 11) is 0. The van der Waals surface area contributed by atoms with Crippen LogP contribution in [0.3, 0.4) is 0 Å². The minimum atomic E-state index is -0.376. The van der Waals surface area contributed by atoms with Crippen molar-refractivity contribution in [3.05, 3.63) is 54.4 Å². The second-order valence-electron chi connectivity index (χ2n) is 8.27. The molecule has 2 aromatic rings. The van der Waals surface area contributed by atoms with E-state index in [0.29, 0.717) is 19.3 Å². The largest absolute Gasteiger partial charge is 0.381 e. The molecule has 1 saturated carbocycles. The van der Waals surface area contributed by atoms with Crippen LogP contribution in [0.25, 0.3) is 11.1 Å². The summed E-state index contributed by atoms with van der Waals surface area (Å²) in [6, 6.07) is 12.9. The van der Waals surface area contributed by atoms with Crippen molar-refractivity contribution in [1.29, 1.82) is 0 Å². The number of benzene rings is 1. The molecule has 1 saturated heterocycles. The van der Waals surface area contributed by atoms with Crippen LogP contribution < -0.4 is 5.32 Å². The molecule has 4 heteroatoms. The summed E-state index contributed by atoms with van der Waals surface area (Å²) in [5.41, 5.74) is 3.20. The van der Waals surface area contributed by atoms with Crippen LogP contribution in [0.2, 0.25) is 0 Å². The Hall–Kier alpha value is -2.20. The number of nitrogens with one attached hydrogen (secondary N) is 1. The fraction of sp³-hybridized carbons (Fsp3) is 0.500. The molecule has 148 valence electrons. The highest BCUT2D eigenvalue weighted by atomic mass is 16.5. The zero-order chi connectivity index (χ0) is 19.2. The van der Waals surface area contributed by atoms with Crippen molar-refractivity contribution in [3.63, 3.8) is 0 Å². The molecule has 0 unspecified atom stereocenters. The minimum absolute atomic E-state index is 0.229. The summed E-state index contributed by atoms with van der Waals surface area (Å²) >= 11 is 0. The Labute approximate surface area is 167 Å². The molecule has 28 heavy (non-hydrogen) atoms. The molecular weight excluding hydrogens is 348 g/mol. The summed E-state index contributed by atoms with van der Waals surface area (Å²) in [5.74, 6) is 0.229. The Morgan fingerprint density at radius 3 is 2.50 bits per heavy atom. The van der Waals surface area contributed by atoms with Gasteiger partial charge in [0.1, 0.15) is 0 Å². The number of aromatic nitrogens is 1. The number of ether oxygens (including phenoxy) is 1. The Balaban J connectivity index is 1.60. The highest BCUT2D eigenvalue weighted by Gasteiger charge is 2.41. The fourth-order valence-electron chi connectivity index (χ4n) is 4.68. The maximum Gasteiger partial charge on any atom is 0.226 e. The van der Waals surface area contributed by atoms with Gasteiger partial charge in [-0.3, -0.25) is 9.78 Å². The van der Waals surface area contributed by atoms with Gasteiger partial charge in [-0.1, -0.05) is 43.5 Å². The summed E-state index contributed by atoms with van der Waals surface area (Å²) in [4.78, 5) is 17.6. The number of hydrogen-bond donors (Lipinski definition) is 1. The molecule has 1 aromatic carbocycles. The number of carbonyl (C=O) groups excluding carboxylic acids is 1. The molecule has 0 atom stereocenters. The Bertz CT molecular complexity index is 778. The van der Waals surface area contributed by atoms with Crippen LogP contribution in [0.1, 0.15) is 50.5 Å². The standard InChI is InChI=1S/C24H30N2O2/c27-23(26-21-7-2-1-3-8-21)24(12-16-28-17-13-24)18-20-6-4-5-9-22(20)19-10-14-25-15-11-19/h4-6,9-11,14-15,21H,1-3,7-8,12-13,16-18H2,(H,26,27). The molecule has 4 nitrogen and oxygen atoms in total. The van der Waals surface area contributed by atoms with Crippen molar-refractivity contribution in [2.45, 2.75) is 57.4 Å². The third-order valence-electron chi connectivity index (χ3n) is 6.41. The van der Waals surface area contributed by atoms with Crippen LogP contribution in [0, 0.1) is 5.41 Å². The molecule has 4 rings (SSSR count). The van der Waals surface area contributed by atoms with Crippen molar-refractivity contribution in [3.8, 4) is 11.1 Å². The van der Waals surface area contributed by atoms with Gasteiger partial charge < -0.3 is 10.1 Å². The van der Waals surface area contributed by atoms with E-state index in [2.05, 4.69) is 34.6 Å². The quantitative estimate of drug-likeness (QED) is 0.831. The molecule has 2 fully saturated rings. The van der Waals surface area contributed by atoms with Crippen molar-refractivity contribution in [2.75, 3.05) is 13.2 Å². The number of rotatable bonds is 5. The van der Waals surface area contributed by atoms with Crippen LogP contribution in [0.4, 0.5) is 0 Å². The second-order valence-corrected chi connectivity index (χ2v) is 8.27. The number of hydrogen-bond acceptors (Lipinski definition) is 3. The van der Waals surface area contributed by atoms with Gasteiger partial charge in [-0.25, -0.2) is 0 Å². The van der Waals surface area contributed by atoms with Gasteiger partial charge in [-0.15, -0.1) is 0 Å². The van der Waals surface area contributed by atoms with E-state index in [1.807, 2.05) is 24.5 Å². The van der Waals surface area contributed by atoms with E-state index >= 15 is 0 Å². The first-order chi connectivity index (χ1) is 13.8. The van der Waals surface area contributed by atoms with Gasteiger partial charge in [0.2, 0.25) is 5.91 Å². The third kappa shape index (κ3) is 4.27. The highest BCUT2D eigenvalue weighted by Crippen LogP contribution is 2.38. The van der Waals surface area contributed by atoms with E-state index in [4.69, 9.17) is 4.74 Å². The van der Waals surface area contributed by atoms with Gasteiger partial charge in [0, 0.05) is 31.6 Å². The maximum atomic E-state index is 13.5. The third-order valence-corrected chi connectivity index (χ3v) is 6.41. The molecule has 1 aliphatic heterocycles. The zero-order valence-corrected chi connectivity index (χ0v) is 16.5. The highest BCUT2D eigenvalue weighted by molar-refractivity contribution is 5.84. The average molecular weight is 379 g/mol. The molecule has 2 heterocycles. The van der Waals surface area contributed by atoms with E-state index in [-0.39, 0.29) is 11.3 Å². The van der Waals surface area contributed by atoms with Crippen molar-refractivity contribution < 1.29 is 9.53 Å². The number of pyridine rings is 1. The first-order valence-corrected chi connectivity index (χ1v) is 10.6. The van der Waals surface area contributed by atoms with E-state index in [9.17, 15) is 4.79 Å². The lowest BCUT2D eigenvalue weighted by Crippen LogP contribution is -2.49. The van der Waals surface area contributed by atoms with Gasteiger partial charge in [-0.05, 0) is 60.9 Å². The molecule has 0 spiro atoms. The van der Waals surface area contributed by atoms with Gasteiger partial charge >= 0.3 is 0 Å². The molecule has 1 aromatic heterocycles. The van der Waals surface area contributed by atoms with Crippen molar-refractivity contribution >= 4 is 5.91 Å². The first kappa shape index (κ1) is 19.1. The molecular formula is C24H30N2O2. The van der Waals surface area contributed by atoms with Crippen LogP contribution in [-0.2, 0) is 16.0 Å². The molecule has 2 aliphatic rings. The lowest BCUT2D eigenvalue weighted by atomic mass is 9.73. The minimum Gasteiger partial charge on any atom is -0.381 e. The predicted molar refractivity (Wildman–Crippen MR) is 111 cm³/mol. The zero-order valence-electron chi connectivity index (χ0n) is 16.5. The molecule has 1 N–H and O–H groups in total. The molecule has 1 amide bonds. The number of amides is 1. The monoisotopic (exact) mass is 378 g/mol. The SMILES string of the molecule is O=C(NC1CCCCC1)C1(Cc2ccccc2-c2ccncc2)CCOCC1. The van der Waals surface area contributed by atoms with E-state index in [1.165, 1.54) is 30.4 Å². The van der Waals surface area contributed by atoms with Gasteiger partial charge in [-0.2, -0.15) is 0 Å². The molecule has 0 bridgehead atoms. The van der Waals surface area contributed by atoms with E-state index < -0.39 is 0 Å². The maximum absolute atomic E-state index is 13.5. The van der Waals surface area contributed by atoms with Crippen LogP contribution >= 0.6 is 0 Å². The summed E-state index contributed by atoms with van der Waals surface area (Å²) in [5, 5.41) is 3.40. The Morgan fingerprint density at radius 2 is 1.75 bits per heavy atom. The normalized spacial score (nSPS) is 19.9. The lowest BCUT2D eigenvalue weighted by molar-refractivity contribution is -0.137. The summed E-state index contributed by atoms with van der Waals surface area (Å²) < 4.78 is 5.63. The van der Waals surface area contributed by atoms with Gasteiger partial charge in [0.05, 0.1) is 5.41 Å². The molecule has 1 aliphatic carbocycles. The smallest absolute Gasteiger partial charge is 0.226 e. The van der Waals surface area contributed by atoms with E-state index in [0.717, 1.165) is 37.7 Å². The predicted octanol–water partition coefficient (Wildman–Crippen LogP) is 4.54. The number of carbonyl (C=O) groups is 1. The Morgan fingerprint density at radius 1 is 1.04 bits per heavy atom. The molecule has 0 radical (unpaired) electrons. The summed E-state index contributed by atoms with van der Waals surface area (Å²) in [6.07, 6.45) is 12.0. The van der Waals surface area contributed by atoms with Gasteiger partial charge in [0.25, 0.3) is 0 Å². The van der Waals surface area contributed by atoms with Crippen LogP contribution in [0.15, 0.2) is 48.8 Å². The van der Waals surface area contributed by atoms with Crippen molar-refractivity contribution in [1.82, 2.24) is 10.3 Å².